The Morgan fingerprint density at radius 2 is 2.36 bits per heavy atom. The van der Waals surface area contributed by atoms with Crippen LogP contribution in [-0.2, 0) is 4.79 Å². The first-order chi connectivity index (χ1) is 6.65. The van der Waals surface area contributed by atoms with Crippen LogP contribution in [0.1, 0.15) is 25.7 Å². The number of carbonyl (C=O) groups is 1. The van der Waals surface area contributed by atoms with Crippen LogP contribution < -0.4 is 5.73 Å². The number of likely N-dealkylation sites (N-methyl/N-ethyl adjacent to an activating group) is 1. The van der Waals surface area contributed by atoms with Crippen molar-refractivity contribution >= 4 is 5.91 Å². The van der Waals surface area contributed by atoms with E-state index < -0.39 is 6.04 Å². The van der Waals surface area contributed by atoms with Crippen LogP contribution in [0.25, 0.3) is 0 Å². The van der Waals surface area contributed by atoms with Gasteiger partial charge in [-0.2, -0.15) is 0 Å². The third-order valence-corrected chi connectivity index (χ3v) is 2.79. The van der Waals surface area contributed by atoms with Crippen molar-refractivity contribution in [3.05, 3.63) is 0 Å². The molecule has 1 saturated carbocycles. The Hall–Kier alpha value is -1.01. The molecule has 2 N–H and O–H groups in total. The molecule has 3 heteroatoms. The maximum absolute atomic E-state index is 11.6. The van der Waals surface area contributed by atoms with Gasteiger partial charge < -0.3 is 10.6 Å². The Labute approximate surface area is 85.6 Å². The van der Waals surface area contributed by atoms with Crippen molar-refractivity contribution in [2.24, 2.45) is 11.7 Å². The van der Waals surface area contributed by atoms with E-state index >= 15 is 0 Å². The van der Waals surface area contributed by atoms with E-state index in [2.05, 4.69) is 5.92 Å². The summed E-state index contributed by atoms with van der Waals surface area (Å²) in [7, 11) is 1.80. The molecule has 0 saturated heterocycles. The predicted molar refractivity (Wildman–Crippen MR) is 56.4 cm³/mol. The van der Waals surface area contributed by atoms with Gasteiger partial charge in [-0.15, -0.1) is 12.3 Å². The summed E-state index contributed by atoms with van der Waals surface area (Å²) in [6.07, 6.45) is 9.20. The Kier molecular flexibility index (Phi) is 3.97. The van der Waals surface area contributed by atoms with Crippen LogP contribution in [0.2, 0.25) is 0 Å². The second kappa shape index (κ2) is 5.02. The second-order valence-corrected chi connectivity index (χ2v) is 4.03. The number of terminal acetylenes is 1. The highest BCUT2D eigenvalue weighted by atomic mass is 16.2. The fourth-order valence-electron chi connectivity index (χ4n) is 1.65. The van der Waals surface area contributed by atoms with E-state index in [1.54, 1.807) is 11.9 Å². The van der Waals surface area contributed by atoms with Crippen LogP contribution in [-0.4, -0.2) is 30.4 Å². The third-order valence-electron chi connectivity index (χ3n) is 2.79. The normalized spacial score (nSPS) is 18.1. The molecule has 0 heterocycles. The minimum atomic E-state index is -0.523. The van der Waals surface area contributed by atoms with Gasteiger partial charge in [0, 0.05) is 20.0 Å². The van der Waals surface area contributed by atoms with E-state index in [4.69, 9.17) is 12.2 Å². The highest BCUT2D eigenvalue weighted by Gasteiger charge is 2.23. The Morgan fingerprint density at radius 3 is 2.79 bits per heavy atom. The number of nitrogens with two attached hydrogens (primary N) is 1. The average molecular weight is 194 g/mol. The molecule has 1 rings (SSSR count). The zero-order chi connectivity index (χ0) is 10.6. The van der Waals surface area contributed by atoms with E-state index in [1.807, 2.05) is 0 Å². The van der Waals surface area contributed by atoms with E-state index in [0.29, 0.717) is 12.3 Å². The van der Waals surface area contributed by atoms with E-state index in [-0.39, 0.29) is 5.91 Å². The molecule has 0 bridgehead atoms. The van der Waals surface area contributed by atoms with E-state index in [0.717, 1.165) is 6.54 Å². The summed E-state index contributed by atoms with van der Waals surface area (Å²) < 4.78 is 0. The molecule has 0 spiro atoms. The van der Waals surface area contributed by atoms with Gasteiger partial charge in [-0.25, -0.2) is 0 Å². The van der Waals surface area contributed by atoms with Crippen LogP contribution in [0.4, 0.5) is 0 Å². The number of rotatable bonds is 4. The van der Waals surface area contributed by atoms with Crippen molar-refractivity contribution in [3.8, 4) is 12.3 Å². The van der Waals surface area contributed by atoms with Gasteiger partial charge in [0.2, 0.25) is 5.91 Å². The summed E-state index contributed by atoms with van der Waals surface area (Å²) in [5.74, 6) is 3.06. The summed E-state index contributed by atoms with van der Waals surface area (Å²) in [5.41, 5.74) is 5.63. The number of amides is 1. The number of hydrogen-bond donors (Lipinski definition) is 1. The zero-order valence-electron chi connectivity index (χ0n) is 8.70. The standard InChI is InChI=1S/C11H18N2O/c1-3-5-10(12)11(14)13(2)8-9-6-4-7-9/h1,9-10H,4-8,12H2,2H3. The van der Waals surface area contributed by atoms with Crippen molar-refractivity contribution in [2.45, 2.75) is 31.7 Å². The van der Waals surface area contributed by atoms with Gasteiger partial charge in [0.1, 0.15) is 0 Å². The predicted octanol–water partition coefficient (Wildman–Crippen LogP) is 0.595. The molecular formula is C11H18N2O. The molecule has 78 valence electrons. The van der Waals surface area contributed by atoms with Crippen LogP contribution >= 0.6 is 0 Å². The summed E-state index contributed by atoms with van der Waals surface area (Å²) in [6.45, 7) is 0.830. The number of hydrogen-bond acceptors (Lipinski definition) is 2. The number of nitrogens with zero attached hydrogens (tertiary/aromatic N) is 1. The maximum Gasteiger partial charge on any atom is 0.240 e. The van der Waals surface area contributed by atoms with Gasteiger partial charge >= 0.3 is 0 Å². The minimum Gasteiger partial charge on any atom is -0.344 e. The van der Waals surface area contributed by atoms with Crippen LogP contribution in [0.15, 0.2) is 0 Å². The highest BCUT2D eigenvalue weighted by Crippen LogP contribution is 2.26. The second-order valence-electron chi connectivity index (χ2n) is 4.03. The van der Waals surface area contributed by atoms with Gasteiger partial charge in [0.05, 0.1) is 6.04 Å². The average Bonchev–Trinajstić information content (AvgIpc) is 2.10. The lowest BCUT2D eigenvalue weighted by atomic mass is 9.85. The van der Waals surface area contributed by atoms with Crippen molar-refractivity contribution in [1.82, 2.24) is 4.90 Å². The zero-order valence-corrected chi connectivity index (χ0v) is 8.70. The largest absolute Gasteiger partial charge is 0.344 e. The summed E-state index contributed by atoms with van der Waals surface area (Å²) >= 11 is 0. The van der Waals surface area contributed by atoms with Crippen LogP contribution in [0.3, 0.4) is 0 Å². The van der Waals surface area contributed by atoms with Crippen LogP contribution in [0, 0.1) is 18.3 Å². The maximum atomic E-state index is 11.6. The monoisotopic (exact) mass is 194 g/mol. The molecule has 3 nitrogen and oxygen atoms in total. The highest BCUT2D eigenvalue weighted by molar-refractivity contribution is 5.81. The van der Waals surface area contributed by atoms with Gasteiger partial charge in [0.15, 0.2) is 0 Å². The SMILES string of the molecule is C#CCC(N)C(=O)N(C)CC1CCC1. The van der Waals surface area contributed by atoms with Crippen molar-refractivity contribution in [1.29, 1.82) is 0 Å². The molecule has 0 aliphatic heterocycles. The smallest absolute Gasteiger partial charge is 0.240 e. The molecule has 1 fully saturated rings. The van der Waals surface area contributed by atoms with Gasteiger partial charge in [0.25, 0.3) is 0 Å². The third kappa shape index (κ3) is 2.74. The van der Waals surface area contributed by atoms with Crippen molar-refractivity contribution in [2.75, 3.05) is 13.6 Å². The quantitative estimate of drug-likeness (QED) is 0.666. The van der Waals surface area contributed by atoms with Gasteiger partial charge in [-0.1, -0.05) is 6.42 Å². The number of carbonyl (C=O) groups excluding carboxylic acids is 1. The molecule has 0 aromatic carbocycles. The van der Waals surface area contributed by atoms with Gasteiger partial charge in [-0.3, -0.25) is 4.79 Å². The fraction of sp³-hybridized carbons (Fsp3) is 0.727. The topological polar surface area (TPSA) is 46.3 Å². The molecule has 1 aliphatic rings. The molecule has 0 aromatic rings. The van der Waals surface area contributed by atoms with Crippen molar-refractivity contribution in [3.63, 3.8) is 0 Å². The molecule has 0 radical (unpaired) electrons. The molecule has 14 heavy (non-hydrogen) atoms. The molecule has 0 aromatic heterocycles. The van der Waals surface area contributed by atoms with E-state index in [1.165, 1.54) is 19.3 Å². The molecule has 1 unspecified atom stereocenters. The van der Waals surface area contributed by atoms with E-state index in [9.17, 15) is 4.79 Å². The first-order valence-electron chi connectivity index (χ1n) is 5.09. The lowest BCUT2D eigenvalue weighted by molar-refractivity contribution is -0.132. The lowest BCUT2D eigenvalue weighted by Crippen LogP contribution is -2.44. The Balaban J connectivity index is 2.31. The summed E-state index contributed by atoms with van der Waals surface area (Å²) in [6, 6.07) is -0.523. The minimum absolute atomic E-state index is 0.0325. The first kappa shape index (κ1) is 11.1. The summed E-state index contributed by atoms with van der Waals surface area (Å²) in [4.78, 5) is 13.3. The lowest BCUT2D eigenvalue weighted by Gasteiger charge is -2.31. The first-order valence-corrected chi connectivity index (χ1v) is 5.09. The molecule has 1 aliphatic carbocycles. The molecule has 1 atom stereocenters. The fourth-order valence-corrected chi connectivity index (χ4v) is 1.65. The molecule has 1 amide bonds. The van der Waals surface area contributed by atoms with Crippen LogP contribution in [0.5, 0.6) is 0 Å². The summed E-state index contributed by atoms with van der Waals surface area (Å²) in [5, 5.41) is 0. The Morgan fingerprint density at radius 1 is 1.71 bits per heavy atom. The van der Waals surface area contributed by atoms with Gasteiger partial charge in [-0.05, 0) is 18.8 Å². The molecular weight excluding hydrogens is 176 g/mol. The van der Waals surface area contributed by atoms with Crippen molar-refractivity contribution < 1.29 is 4.79 Å². The Bertz CT molecular complexity index is 240.